The van der Waals surface area contributed by atoms with Gasteiger partial charge in [-0.3, -0.25) is 0 Å². The van der Waals surface area contributed by atoms with Crippen LogP contribution in [-0.2, 0) is 0 Å². The molecule has 3 unspecified atom stereocenters. The average Bonchev–Trinajstić information content (AvgIpc) is 3.20. The molecule has 20 heavy (non-hydrogen) atoms. The van der Waals surface area contributed by atoms with Gasteiger partial charge in [0.25, 0.3) is 0 Å². The van der Waals surface area contributed by atoms with Crippen LogP contribution in [-0.4, -0.2) is 14.2 Å². The SMILES string of the molecule is COc1ccc(C(Br)C2C3CCCCC32)c(OC)c1Cl. The molecule has 0 heterocycles. The largest absolute Gasteiger partial charge is 0.495 e. The van der Waals surface area contributed by atoms with Crippen LogP contribution in [0.15, 0.2) is 12.1 Å². The molecule has 0 aliphatic heterocycles. The van der Waals surface area contributed by atoms with E-state index in [1.165, 1.54) is 25.7 Å². The maximum atomic E-state index is 6.37. The van der Waals surface area contributed by atoms with Gasteiger partial charge in [0, 0.05) is 10.4 Å². The van der Waals surface area contributed by atoms with Gasteiger partial charge in [-0.05, 0) is 36.7 Å². The van der Waals surface area contributed by atoms with Gasteiger partial charge in [0.05, 0.1) is 14.2 Å². The first-order valence-electron chi connectivity index (χ1n) is 7.23. The van der Waals surface area contributed by atoms with Crippen molar-refractivity contribution < 1.29 is 9.47 Å². The maximum absolute atomic E-state index is 6.37. The summed E-state index contributed by atoms with van der Waals surface area (Å²) in [7, 11) is 3.30. The van der Waals surface area contributed by atoms with Crippen LogP contribution in [0.2, 0.25) is 5.02 Å². The average molecular weight is 360 g/mol. The van der Waals surface area contributed by atoms with Gasteiger partial charge in [-0.2, -0.15) is 0 Å². The van der Waals surface area contributed by atoms with Crippen LogP contribution >= 0.6 is 27.5 Å². The zero-order chi connectivity index (χ0) is 14.3. The van der Waals surface area contributed by atoms with Crippen LogP contribution in [0.25, 0.3) is 0 Å². The molecule has 0 spiro atoms. The summed E-state index contributed by atoms with van der Waals surface area (Å²) in [4.78, 5) is 0.328. The van der Waals surface area contributed by atoms with Crippen molar-refractivity contribution in [2.75, 3.05) is 14.2 Å². The van der Waals surface area contributed by atoms with Crippen LogP contribution in [0, 0.1) is 17.8 Å². The molecule has 3 rings (SSSR count). The van der Waals surface area contributed by atoms with Gasteiger partial charge in [0.2, 0.25) is 0 Å². The van der Waals surface area contributed by atoms with Crippen LogP contribution in [0.5, 0.6) is 11.5 Å². The van der Waals surface area contributed by atoms with Gasteiger partial charge < -0.3 is 9.47 Å². The summed E-state index contributed by atoms with van der Waals surface area (Å²) in [6.07, 6.45) is 5.53. The van der Waals surface area contributed by atoms with Crippen LogP contribution in [0.3, 0.4) is 0 Å². The molecule has 2 saturated carbocycles. The quantitative estimate of drug-likeness (QED) is 0.685. The summed E-state index contributed by atoms with van der Waals surface area (Å²) < 4.78 is 10.8. The first-order valence-corrected chi connectivity index (χ1v) is 8.52. The van der Waals surface area contributed by atoms with E-state index in [4.69, 9.17) is 21.1 Å². The molecule has 0 aromatic heterocycles. The number of halogens is 2. The number of methoxy groups -OCH3 is 2. The molecule has 0 amide bonds. The summed E-state index contributed by atoms with van der Waals surface area (Å²) >= 11 is 10.3. The molecule has 2 nitrogen and oxygen atoms in total. The van der Waals surface area contributed by atoms with Gasteiger partial charge in [0.1, 0.15) is 16.5 Å². The van der Waals surface area contributed by atoms with Gasteiger partial charge in [-0.1, -0.05) is 46.4 Å². The Bertz CT molecular complexity index is 493. The summed E-state index contributed by atoms with van der Waals surface area (Å²) in [5.74, 6) is 3.92. The molecule has 1 aromatic rings. The molecule has 1 aromatic carbocycles. The van der Waals surface area contributed by atoms with Crippen molar-refractivity contribution in [2.24, 2.45) is 17.8 Å². The molecule has 0 radical (unpaired) electrons. The van der Waals surface area contributed by atoms with Crippen molar-refractivity contribution >= 4 is 27.5 Å². The second kappa shape index (κ2) is 5.76. The maximum Gasteiger partial charge on any atom is 0.145 e. The third kappa shape index (κ3) is 2.33. The van der Waals surface area contributed by atoms with Crippen LogP contribution in [0.1, 0.15) is 36.1 Å². The van der Waals surface area contributed by atoms with E-state index in [1.807, 2.05) is 6.07 Å². The number of fused-ring (bicyclic) bond motifs is 1. The monoisotopic (exact) mass is 358 g/mol. The highest BCUT2D eigenvalue weighted by Gasteiger charge is 2.54. The third-order valence-electron chi connectivity index (χ3n) is 4.87. The Morgan fingerprint density at radius 1 is 1.15 bits per heavy atom. The Morgan fingerprint density at radius 2 is 1.80 bits per heavy atom. The molecule has 0 saturated heterocycles. The topological polar surface area (TPSA) is 18.5 Å². The second-order valence-corrected chi connectivity index (χ2v) is 7.16. The van der Waals surface area contributed by atoms with Crippen LogP contribution < -0.4 is 9.47 Å². The molecule has 4 heteroatoms. The Hall–Kier alpha value is -0.410. The smallest absolute Gasteiger partial charge is 0.145 e. The highest BCUT2D eigenvalue weighted by Crippen LogP contribution is 2.63. The van der Waals surface area contributed by atoms with Gasteiger partial charge >= 0.3 is 0 Å². The predicted octanol–water partition coefficient (Wildman–Crippen LogP) is 5.23. The molecule has 0 bridgehead atoms. The van der Waals surface area contributed by atoms with E-state index in [-0.39, 0.29) is 0 Å². The number of ether oxygens (including phenoxy) is 2. The van der Waals surface area contributed by atoms with E-state index in [0.717, 1.165) is 29.1 Å². The summed E-state index contributed by atoms with van der Waals surface area (Å²) in [5, 5.41) is 0.570. The van der Waals surface area contributed by atoms with E-state index in [2.05, 4.69) is 22.0 Å². The molecule has 0 N–H and O–H groups in total. The molecule has 110 valence electrons. The van der Waals surface area contributed by atoms with E-state index in [0.29, 0.717) is 15.6 Å². The summed E-state index contributed by atoms with van der Waals surface area (Å²) in [6, 6.07) is 4.01. The number of rotatable bonds is 4. The first kappa shape index (κ1) is 14.5. The molecule has 2 fully saturated rings. The molecule has 3 atom stereocenters. The fraction of sp³-hybridized carbons (Fsp3) is 0.625. The van der Waals surface area contributed by atoms with E-state index >= 15 is 0 Å². The van der Waals surface area contributed by atoms with E-state index in [1.54, 1.807) is 14.2 Å². The van der Waals surface area contributed by atoms with Gasteiger partial charge in [-0.15, -0.1) is 0 Å². The normalized spacial score (nSPS) is 29.5. The molecular formula is C16H20BrClO2. The first-order chi connectivity index (χ1) is 9.69. The van der Waals surface area contributed by atoms with Crippen molar-refractivity contribution in [3.05, 3.63) is 22.7 Å². The number of alkyl halides is 1. The Morgan fingerprint density at radius 3 is 2.35 bits per heavy atom. The second-order valence-electron chi connectivity index (χ2n) is 5.80. The van der Waals surface area contributed by atoms with Gasteiger partial charge in [0.15, 0.2) is 0 Å². The van der Waals surface area contributed by atoms with E-state index in [9.17, 15) is 0 Å². The van der Waals surface area contributed by atoms with Crippen molar-refractivity contribution in [3.8, 4) is 11.5 Å². The van der Waals surface area contributed by atoms with Gasteiger partial charge in [-0.25, -0.2) is 0 Å². The lowest BCUT2D eigenvalue weighted by atomic mass is 10.0. The molecular weight excluding hydrogens is 340 g/mol. The number of hydrogen-bond donors (Lipinski definition) is 0. The third-order valence-corrected chi connectivity index (χ3v) is 6.34. The summed E-state index contributed by atoms with van der Waals surface area (Å²) in [6.45, 7) is 0. The number of hydrogen-bond acceptors (Lipinski definition) is 2. The van der Waals surface area contributed by atoms with Crippen LogP contribution in [0.4, 0.5) is 0 Å². The lowest BCUT2D eigenvalue weighted by Gasteiger charge is -2.17. The van der Waals surface area contributed by atoms with Crippen molar-refractivity contribution in [3.63, 3.8) is 0 Å². The Labute approximate surface area is 133 Å². The van der Waals surface area contributed by atoms with Crippen molar-refractivity contribution in [2.45, 2.75) is 30.5 Å². The minimum Gasteiger partial charge on any atom is -0.495 e. The standard InChI is InChI=1S/C16H20BrClO2/c1-19-12-8-7-11(16(20-2)15(12)18)14(17)13-9-5-3-4-6-10(9)13/h7-10,13-14H,3-6H2,1-2H3. The number of benzene rings is 1. The Kier molecular flexibility index (Phi) is 4.19. The Balaban J connectivity index is 1.88. The fourth-order valence-corrected chi connectivity index (χ4v) is 5.30. The molecule has 2 aliphatic rings. The lowest BCUT2D eigenvalue weighted by molar-refractivity contribution is 0.390. The minimum atomic E-state index is 0.328. The fourth-order valence-electron chi connectivity index (χ4n) is 3.82. The van der Waals surface area contributed by atoms with Crippen molar-refractivity contribution in [1.82, 2.24) is 0 Å². The zero-order valence-corrected chi connectivity index (χ0v) is 14.2. The van der Waals surface area contributed by atoms with Crippen molar-refractivity contribution in [1.29, 1.82) is 0 Å². The molecule has 2 aliphatic carbocycles. The minimum absolute atomic E-state index is 0.328. The predicted molar refractivity (Wildman–Crippen MR) is 85.2 cm³/mol. The zero-order valence-electron chi connectivity index (χ0n) is 11.9. The summed E-state index contributed by atoms with van der Waals surface area (Å²) in [5.41, 5.74) is 1.15. The lowest BCUT2D eigenvalue weighted by Crippen LogP contribution is -2.01. The highest BCUT2D eigenvalue weighted by atomic mass is 79.9. The highest BCUT2D eigenvalue weighted by molar-refractivity contribution is 9.09. The van der Waals surface area contributed by atoms with E-state index < -0.39 is 0 Å².